The third-order valence-corrected chi connectivity index (χ3v) is 5.30. The number of amides is 1. The number of halogens is 1. The zero-order valence-electron chi connectivity index (χ0n) is 15.6. The molecule has 5 nitrogen and oxygen atoms in total. The summed E-state index contributed by atoms with van der Waals surface area (Å²) in [7, 11) is 1.60. The molecule has 27 heavy (non-hydrogen) atoms. The number of ether oxygens (including phenoxy) is 1. The third-order valence-electron chi connectivity index (χ3n) is 5.06. The third kappa shape index (κ3) is 3.06. The molecule has 1 saturated heterocycles. The molecule has 1 aromatic heterocycles. The van der Waals surface area contributed by atoms with Crippen molar-refractivity contribution in [2.75, 3.05) is 18.6 Å². The number of rotatable bonds is 4. The Labute approximate surface area is 163 Å². The number of carbonyl (C=O) groups is 1. The standard InChI is InChI=1S/C21H22ClN3O2/c1-13(2)25-17-7-5-4-6-16(17)23-21(25)14-10-20(26)24(12-14)18-11-15(22)8-9-19(18)27-3/h4-9,11,13-14H,10,12H2,1-3H3/t14-/m1/s1. The average Bonchev–Trinajstić information content (AvgIpc) is 3.22. The number of nitrogens with zero attached hydrogens (tertiary/aromatic N) is 3. The number of methoxy groups -OCH3 is 1. The van der Waals surface area contributed by atoms with Crippen LogP contribution in [0.3, 0.4) is 0 Å². The van der Waals surface area contributed by atoms with Gasteiger partial charge in [-0.1, -0.05) is 23.7 Å². The van der Waals surface area contributed by atoms with Crippen molar-refractivity contribution in [1.29, 1.82) is 0 Å². The van der Waals surface area contributed by atoms with Crippen LogP contribution in [0, 0.1) is 0 Å². The molecule has 0 N–H and O–H groups in total. The first-order valence-corrected chi connectivity index (χ1v) is 9.48. The summed E-state index contributed by atoms with van der Waals surface area (Å²) in [6.45, 7) is 4.85. The van der Waals surface area contributed by atoms with Crippen molar-refractivity contribution in [2.45, 2.75) is 32.2 Å². The van der Waals surface area contributed by atoms with E-state index in [0.717, 1.165) is 16.9 Å². The minimum atomic E-state index is 0.0241. The first-order valence-electron chi connectivity index (χ1n) is 9.10. The molecule has 3 aromatic rings. The molecule has 0 saturated carbocycles. The quantitative estimate of drug-likeness (QED) is 0.650. The van der Waals surface area contributed by atoms with Crippen LogP contribution < -0.4 is 9.64 Å². The second kappa shape index (κ2) is 6.89. The van der Waals surface area contributed by atoms with Gasteiger partial charge in [0, 0.05) is 29.9 Å². The van der Waals surface area contributed by atoms with E-state index in [0.29, 0.717) is 29.4 Å². The van der Waals surface area contributed by atoms with Crippen molar-refractivity contribution >= 4 is 34.2 Å². The summed E-state index contributed by atoms with van der Waals surface area (Å²) in [5.74, 6) is 1.69. The normalized spacial score (nSPS) is 17.3. The SMILES string of the molecule is COc1ccc(Cl)cc1N1C[C@H](c2nc3ccccc3n2C(C)C)CC1=O. The van der Waals surface area contributed by atoms with Gasteiger partial charge in [0.05, 0.1) is 23.8 Å². The van der Waals surface area contributed by atoms with E-state index in [1.54, 1.807) is 30.2 Å². The van der Waals surface area contributed by atoms with Gasteiger partial charge in [-0.3, -0.25) is 4.79 Å². The summed E-state index contributed by atoms with van der Waals surface area (Å²) in [4.78, 5) is 19.5. The van der Waals surface area contributed by atoms with Gasteiger partial charge in [-0.15, -0.1) is 0 Å². The van der Waals surface area contributed by atoms with E-state index in [-0.39, 0.29) is 17.9 Å². The Morgan fingerprint density at radius 3 is 2.74 bits per heavy atom. The van der Waals surface area contributed by atoms with Gasteiger partial charge in [0.1, 0.15) is 11.6 Å². The summed E-state index contributed by atoms with van der Waals surface area (Å²) in [5, 5.41) is 0.580. The first-order chi connectivity index (χ1) is 13.0. The van der Waals surface area contributed by atoms with Crippen molar-refractivity contribution in [3.8, 4) is 5.75 Å². The largest absolute Gasteiger partial charge is 0.495 e. The lowest BCUT2D eigenvalue weighted by atomic mass is 10.1. The van der Waals surface area contributed by atoms with Crippen LogP contribution in [-0.4, -0.2) is 29.1 Å². The fraction of sp³-hybridized carbons (Fsp3) is 0.333. The smallest absolute Gasteiger partial charge is 0.227 e. The lowest BCUT2D eigenvalue weighted by Crippen LogP contribution is -2.25. The number of carbonyl (C=O) groups excluding carboxylic acids is 1. The van der Waals surface area contributed by atoms with E-state index in [9.17, 15) is 4.79 Å². The van der Waals surface area contributed by atoms with Gasteiger partial charge >= 0.3 is 0 Å². The molecule has 0 radical (unpaired) electrons. The second-order valence-corrected chi connectivity index (χ2v) is 7.58. The van der Waals surface area contributed by atoms with Crippen molar-refractivity contribution in [3.05, 3.63) is 53.3 Å². The molecule has 6 heteroatoms. The number of hydrogen-bond acceptors (Lipinski definition) is 3. The monoisotopic (exact) mass is 383 g/mol. The minimum absolute atomic E-state index is 0.0241. The van der Waals surface area contributed by atoms with Crippen molar-refractivity contribution < 1.29 is 9.53 Å². The maximum Gasteiger partial charge on any atom is 0.227 e. The number of anilines is 1. The summed E-state index contributed by atoms with van der Waals surface area (Å²) in [6.07, 6.45) is 0.422. The Balaban J connectivity index is 1.74. The molecule has 1 fully saturated rings. The lowest BCUT2D eigenvalue weighted by Gasteiger charge is -2.20. The number of hydrogen-bond donors (Lipinski definition) is 0. The Morgan fingerprint density at radius 1 is 1.22 bits per heavy atom. The molecule has 1 atom stereocenters. The van der Waals surface area contributed by atoms with Crippen LogP contribution in [0.15, 0.2) is 42.5 Å². The van der Waals surface area contributed by atoms with Crippen LogP contribution in [0.2, 0.25) is 5.02 Å². The number of aromatic nitrogens is 2. The van der Waals surface area contributed by atoms with Gasteiger partial charge in [0.2, 0.25) is 5.91 Å². The van der Waals surface area contributed by atoms with Gasteiger partial charge in [0.15, 0.2) is 0 Å². The van der Waals surface area contributed by atoms with Gasteiger partial charge in [-0.2, -0.15) is 0 Å². The molecule has 0 spiro atoms. The van der Waals surface area contributed by atoms with E-state index < -0.39 is 0 Å². The number of imidazole rings is 1. The Hall–Kier alpha value is -2.53. The number of benzene rings is 2. The molecule has 0 unspecified atom stereocenters. The number of fused-ring (bicyclic) bond motifs is 1. The zero-order valence-corrected chi connectivity index (χ0v) is 16.4. The highest BCUT2D eigenvalue weighted by Gasteiger charge is 2.36. The zero-order chi connectivity index (χ0) is 19.1. The van der Waals surface area contributed by atoms with Gasteiger partial charge < -0.3 is 14.2 Å². The molecule has 1 aliphatic rings. The highest BCUT2D eigenvalue weighted by molar-refractivity contribution is 6.31. The molecule has 4 rings (SSSR count). The number of para-hydroxylation sites is 2. The second-order valence-electron chi connectivity index (χ2n) is 7.14. The van der Waals surface area contributed by atoms with Gasteiger partial charge in [0.25, 0.3) is 0 Å². The first kappa shape index (κ1) is 17.9. The molecule has 2 aromatic carbocycles. The fourth-order valence-electron chi connectivity index (χ4n) is 3.88. The molecular weight excluding hydrogens is 362 g/mol. The molecule has 2 heterocycles. The molecule has 1 amide bonds. The van der Waals surface area contributed by atoms with E-state index in [1.165, 1.54) is 0 Å². The van der Waals surface area contributed by atoms with Crippen molar-refractivity contribution in [3.63, 3.8) is 0 Å². The van der Waals surface area contributed by atoms with Crippen molar-refractivity contribution in [1.82, 2.24) is 9.55 Å². The highest BCUT2D eigenvalue weighted by Crippen LogP contribution is 2.39. The van der Waals surface area contributed by atoms with E-state index >= 15 is 0 Å². The molecule has 0 bridgehead atoms. The van der Waals surface area contributed by atoms with Crippen LogP contribution in [0.25, 0.3) is 11.0 Å². The summed E-state index contributed by atoms with van der Waals surface area (Å²) in [6, 6.07) is 13.7. The predicted molar refractivity (Wildman–Crippen MR) is 108 cm³/mol. The Kier molecular flexibility index (Phi) is 4.56. The van der Waals surface area contributed by atoms with E-state index in [4.69, 9.17) is 21.3 Å². The average molecular weight is 384 g/mol. The maximum atomic E-state index is 12.8. The van der Waals surface area contributed by atoms with Gasteiger partial charge in [-0.25, -0.2) is 4.98 Å². The van der Waals surface area contributed by atoms with Crippen LogP contribution in [0.5, 0.6) is 5.75 Å². The molecular formula is C21H22ClN3O2. The Bertz CT molecular complexity index is 1010. The van der Waals surface area contributed by atoms with Gasteiger partial charge in [-0.05, 0) is 44.2 Å². The van der Waals surface area contributed by atoms with Crippen molar-refractivity contribution in [2.24, 2.45) is 0 Å². The predicted octanol–water partition coefficient (Wildman–Crippen LogP) is 4.80. The maximum absolute atomic E-state index is 12.8. The topological polar surface area (TPSA) is 47.4 Å². The fourth-order valence-corrected chi connectivity index (χ4v) is 4.05. The minimum Gasteiger partial charge on any atom is -0.495 e. The summed E-state index contributed by atoms with van der Waals surface area (Å²) >= 11 is 6.16. The summed E-state index contributed by atoms with van der Waals surface area (Å²) in [5.41, 5.74) is 2.78. The van der Waals surface area contributed by atoms with Crippen LogP contribution >= 0.6 is 11.6 Å². The van der Waals surface area contributed by atoms with Crippen LogP contribution in [0.4, 0.5) is 5.69 Å². The lowest BCUT2D eigenvalue weighted by molar-refractivity contribution is -0.117. The molecule has 140 valence electrons. The highest BCUT2D eigenvalue weighted by atomic mass is 35.5. The van der Waals surface area contributed by atoms with E-state index in [2.05, 4.69) is 24.5 Å². The molecule has 0 aliphatic carbocycles. The summed E-state index contributed by atoms with van der Waals surface area (Å²) < 4.78 is 7.68. The van der Waals surface area contributed by atoms with Crippen LogP contribution in [-0.2, 0) is 4.79 Å². The Morgan fingerprint density at radius 2 is 2.00 bits per heavy atom. The molecule has 1 aliphatic heterocycles. The van der Waals surface area contributed by atoms with Crippen LogP contribution in [0.1, 0.15) is 38.1 Å². The van der Waals surface area contributed by atoms with E-state index in [1.807, 2.05) is 18.2 Å².